The predicted molar refractivity (Wildman–Crippen MR) is 71.0 cm³/mol. The van der Waals surface area contributed by atoms with Crippen molar-refractivity contribution in [2.75, 3.05) is 7.11 Å². The Kier molecular flexibility index (Phi) is 5.35. The van der Waals surface area contributed by atoms with Crippen LogP contribution in [0, 0.1) is 0 Å². The van der Waals surface area contributed by atoms with E-state index >= 15 is 0 Å². The zero-order valence-corrected chi connectivity index (χ0v) is 11.2. The van der Waals surface area contributed by atoms with Gasteiger partial charge in [0.2, 0.25) is 0 Å². The van der Waals surface area contributed by atoms with E-state index in [0.29, 0.717) is 11.0 Å². The number of hydrogen-bond donors (Lipinski definition) is 1. The summed E-state index contributed by atoms with van der Waals surface area (Å²) < 4.78 is 5.02. The van der Waals surface area contributed by atoms with Crippen LogP contribution < -0.4 is 4.74 Å². The zero-order chi connectivity index (χ0) is 12.8. The van der Waals surface area contributed by atoms with Gasteiger partial charge in [0, 0.05) is 11.0 Å². The molecule has 17 heavy (non-hydrogen) atoms. The highest BCUT2D eigenvalue weighted by Crippen LogP contribution is 2.24. The fourth-order valence-electron chi connectivity index (χ4n) is 1.37. The largest absolute Gasteiger partial charge is 0.496 e. The first-order chi connectivity index (χ1) is 8.08. The first-order valence-electron chi connectivity index (χ1n) is 5.60. The molecule has 1 aromatic carbocycles. The molecule has 0 aliphatic carbocycles. The molecule has 3 nitrogen and oxygen atoms in total. The lowest BCUT2D eigenvalue weighted by molar-refractivity contribution is 0.0693. The summed E-state index contributed by atoms with van der Waals surface area (Å²) in [5.41, 5.74) is 1.25. The maximum absolute atomic E-state index is 11.0. The van der Waals surface area contributed by atoms with Gasteiger partial charge in [0.05, 0.1) is 7.11 Å². The molecule has 94 valence electrons. The van der Waals surface area contributed by atoms with E-state index in [9.17, 15) is 4.79 Å². The second kappa shape index (κ2) is 6.55. The van der Waals surface area contributed by atoms with Gasteiger partial charge in [-0.25, -0.2) is 4.79 Å². The quantitative estimate of drug-likeness (QED) is 0.845. The number of benzene rings is 1. The van der Waals surface area contributed by atoms with E-state index in [1.165, 1.54) is 7.11 Å². The summed E-state index contributed by atoms with van der Waals surface area (Å²) in [6.07, 6.45) is 1.12. The van der Waals surface area contributed by atoms with Crippen molar-refractivity contribution in [2.45, 2.75) is 31.3 Å². The van der Waals surface area contributed by atoms with Gasteiger partial charge >= 0.3 is 5.97 Å². The van der Waals surface area contributed by atoms with Gasteiger partial charge in [-0.2, -0.15) is 11.8 Å². The van der Waals surface area contributed by atoms with Gasteiger partial charge in [-0.15, -0.1) is 0 Å². The Balaban J connectivity index is 2.81. The minimum absolute atomic E-state index is 0.231. The molecule has 0 saturated carbocycles. The minimum atomic E-state index is -0.947. The molecule has 0 aromatic heterocycles. The Labute approximate surface area is 106 Å². The number of rotatable bonds is 6. The molecule has 0 aliphatic heterocycles. The monoisotopic (exact) mass is 254 g/mol. The third kappa shape index (κ3) is 3.97. The molecule has 1 rings (SSSR count). The fourth-order valence-corrected chi connectivity index (χ4v) is 2.26. The number of ether oxygens (including phenoxy) is 1. The number of hydrogen-bond acceptors (Lipinski definition) is 3. The van der Waals surface area contributed by atoms with Crippen LogP contribution >= 0.6 is 11.8 Å². The molecule has 1 N–H and O–H groups in total. The zero-order valence-electron chi connectivity index (χ0n) is 10.4. The molecule has 0 saturated heterocycles. The number of carboxylic acid groups (broad SMARTS) is 1. The average molecular weight is 254 g/mol. The summed E-state index contributed by atoms with van der Waals surface area (Å²) in [7, 11) is 1.48. The molecule has 0 fully saturated rings. The number of thioether (sulfide) groups is 1. The van der Waals surface area contributed by atoms with Crippen LogP contribution in [0.25, 0.3) is 0 Å². The molecule has 4 heteroatoms. The first kappa shape index (κ1) is 13.9. The van der Waals surface area contributed by atoms with Crippen LogP contribution in [0.15, 0.2) is 18.2 Å². The highest BCUT2D eigenvalue weighted by molar-refractivity contribution is 7.99. The van der Waals surface area contributed by atoms with E-state index in [0.717, 1.165) is 17.7 Å². The Morgan fingerprint density at radius 3 is 2.76 bits per heavy atom. The van der Waals surface area contributed by atoms with E-state index in [1.807, 2.05) is 17.8 Å². The number of carbonyl (C=O) groups is 1. The fraction of sp³-hybridized carbons (Fsp3) is 0.462. The molecule has 0 spiro atoms. The van der Waals surface area contributed by atoms with Crippen molar-refractivity contribution in [2.24, 2.45) is 0 Å². The Morgan fingerprint density at radius 1 is 1.53 bits per heavy atom. The van der Waals surface area contributed by atoms with Gasteiger partial charge in [0.1, 0.15) is 11.3 Å². The molecule has 0 amide bonds. The second-order valence-corrected chi connectivity index (χ2v) is 5.30. The lowest BCUT2D eigenvalue weighted by Crippen LogP contribution is -2.02. The van der Waals surface area contributed by atoms with E-state index in [2.05, 4.69) is 13.8 Å². The molecule has 0 aliphatic rings. The molecule has 0 radical (unpaired) electrons. The first-order valence-corrected chi connectivity index (χ1v) is 6.65. The van der Waals surface area contributed by atoms with Crippen LogP contribution in [-0.2, 0) is 5.75 Å². The summed E-state index contributed by atoms with van der Waals surface area (Å²) >= 11 is 1.83. The standard InChI is InChI=1S/C13H18O3S/c1-4-9(2)17-8-10-5-6-12(16-3)11(7-10)13(14)15/h5-7,9H,4,8H2,1-3H3,(H,14,15). The predicted octanol–water partition coefficient (Wildman–Crippen LogP) is 3.43. The van der Waals surface area contributed by atoms with Crippen LogP contribution in [0.4, 0.5) is 0 Å². The Morgan fingerprint density at radius 2 is 2.24 bits per heavy atom. The van der Waals surface area contributed by atoms with E-state index in [1.54, 1.807) is 12.1 Å². The lowest BCUT2D eigenvalue weighted by Gasteiger charge is -2.10. The van der Waals surface area contributed by atoms with Crippen molar-refractivity contribution in [1.82, 2.24) is 0 Å². The third-order valence-electron chi connectivity index (χ3n) is 2.60. The van der Waals surface area contributed by atoms with Crippen LogP contribution in [0.5, 0.6) is 5.75 Å². The molecule has 0 bridgehead atoms. The van der Waals surface area contributed by atoms with E-state index in [-0.39, 0.29) is 5.56 Å². The Bertz CT molecular complexity index is 390. The van der Waals surface area contributed by atoms with Gasteiger partial charge < -0.3 is 9.84 Å². The summed E-state index contributed by atoms with van der Waals surface area (Å²) in [6, 6.07) is 5.33. The van der Waals surface area contributed by atoms with Crippen molar-refractivity contribution in [3.05, 3.63) is 29.3 Å². The highest BCUT2D eigenvalue weighted by atomic mass is 32.2. The van der Waals surface area contributed by atoms with Gasteiger partial charge in [-0.05, 0) is 24.1 Å². The van der Waals surface area contributed by atoms with E-state index in [4.69, 9.17) is 9.84 Å². The van der Waals surface area contributed by atoms with E-state index < -0.39 is 5.97 Å². The summed E-state index contributed by atoms with van der Waals surface area (Å²) in [5.74, 6) is 0.297. The lowest BCUT2D eigenvalue weighted by atomic mass is 10.1. The highest BCUT2D eigenvalue weighted by Gasteiger charge is 2.11. The number of methoxy groups -OCH3 is 1. The number of carboxylic acids is 1. The van der Waals surface area contributed by atoms with Crippen LogP contribution in [-0.4, -0.2) is 23.4 Å². The molecular weight excluding hydrogens is 236 g/mol. The maximum Gasteiger partial charge on any atom is 0.339 e. The van der Waals surface area contributed by atoms with Crippen molar-refractivity contribution < 1.29 is 14.6 Å². The molecule has 1 aromatic rings. The summed E-state index contributed by atoms with van der Waals surface area (Å²) in [6.45, 7) is 4.32. The van der Waals surface area contributed by atoms with Crippen LogP contribution in [0.1, 0.15) is 36.2 Å². The normalized spacial score (nSPS) is 12.2. The Hall–Kier alpha value is -1.16. The van der Waals surface area contributed by atoms with Gasteiger partial charge in [-0.3, -0.25) is 0 Å². The van der Waals surface area contributed by atoms with Gasteiger partial charge in [0.15, 0.2) is 0 Å². The van der Waals surface area contributed by atoms with Crippen LogP contribution in [0.3, 0.4) is 0 Å². The summed E-state index contributed by atoms with van der Waals surface area (Å²) in [4.78, 5) is 11.0. The minimum Gasteiger partial charge on any atom is -0.496 e. The van der Waals surface area contributed by atoms with Crippen molar-refractivity contribution in [1.29, 1.82) is 0 Å². The van der Waals surface area contributed by atoms with Crippen LogP contribution in [0.2, 0.25) is 0 Å². The van der Waals surface area contributed by atoms with Crippen molar-refractivity contribution in [3.8, 4) is 5.75 Å². The smallest absolute Gasteiger partial charge is 0.339 e. The average Bonchev–Trinajstić information content (AvgIpc) is 2.35. The van der Waals surface area contributed by atoms with Crippen molar-refractivity contribution in [3.63, 3.8) is 0 Å². The molecule has 1 unspecified atom stereocenters. The van der Waals surface area contributed by atoms with Crippen molar-refractivity contribution >= 4 is 17.7 Å². The van der Waals surface area contributed by atoms with Gasteiger partial charge in [0.25, 0.3) is 0 Å². The SMILES string of the molecule is CCC(C)SCc1ccc(OC)c(C(=O)O)c1. The maximum atomic E-state index is 11.0. The third-order valence-corrected chi connectivity index (χ3v) is 4.01. The molecule has 1 atom stereocenters. The topological polar surface area (TPSA) is 46.5 Å². The molecular formula is C13H18O3S. The summed E-state index contributed by atoms with van der Waals surface area (Å²) in [5, 5.41) is 9.65. The molecule has 0 heterocycles. The van der Waals surface area contributed by atoms with Gasteiger partial charge in [-0.1, -0.05) is 19.9 Å². The number of aromatic carboxylic acids is 1. The second-order valence-electron chi connectivity index (χ2n) is 3.87.